The van der Waals surface area contributed by atoms with Gasteiger partial charge in [0, 0.05) is 25.2 Å². The molecule has 0 saturated carbocycles. The topological polar surface area (TPSA) is 16.1 Å². The van der Waals surface area contributed by atoms with Crippen LogP contribution in [0.1, 0.15) is 32.3 Å². The third-order valence-electron chi connectivity index (χ3n) is 3.77. The summed E-state index contributed by atoms with van der Waals surface area (Å²) in [4.78, 5) is 6.87. The van der Waals surface area contributed by atoms with Crippen LogP contribution in [0.4, 0.5) is 5.82 Å². The molecule has 0 radical (unpaired) electrons. The molecule has 1 aliphatic heterocycles. The van der Waals surface area contributed by atoms with Gasteiger partial charge in [-0.3, -0.25) is 0 Å². The Morgan fingerprint density at radius 2 is 2.06 bits per heavy atom. The molecule has 0 N–H and O–H groups in total. The van der Waals surface area contributed by atoms with E-state index in [1.54, 1.807) is 0 Å². The molecule has 0 amide bonds. The van der Waals surface area contributed by atoms with Gasteiger partial charge in [0.1, 0.15) is 5.82 Å². The molecule has 0 atom stereocenters. The molecule has 2 nitrogen and oxygen atoms in total. The van der Waals surface area contributed by atoms with E-state index in [0.29, 0.717) is 5.88 Å². The van der Waals surface area contributed by atoms with Gasteiger partial charge in [0.15, 0.2) is 0 Å². The fourth-order valence-electron chi connectivity index (χ4n) is 2.48. The van der Waals surface area contributed by atoms with Gasteiger partial charge in [-0.25, -0.2) is 4.98 Å². The summed E-state index contributed by atoms with van der Waals surface area (Å²) in [6, 6.07) is 4.16. The SMILES string of the molecule is CC(C)C1CCN(c2ccc(CCl)cn2)CC1. The van der Waals surface area contributed by atoms with Gasteiger partial charge < -0.3 is 4.90 Å². The van der Waals surface area contributed by atoms with Crippen molar-refractivity contribution in [1.82, 2.24) is 4.98 Å². The van der Waals surface area contributed by atoms with Crippen LogP contribution in [-0.4, -0.2) is 18.1 Å². The lowest BCUT2D eigenvalue weighted by molar-refractivity contribution is 0.310. The Morgan fingerprint density at radius 1 is 1.35 bits per heavy atom. The molecule has 2 heterocycles. The number of hydrogen-bond donors (Lipinski definition) is 0. The second-order valence-corrected chi connectivity index (χ2v) is 5.49. The highest BCUT2D eigenvalue weighted by Crippen LogP contribution is 2.26. The molecule has 94 valence electrons. The number of pyridine rings is 1. The first-order valence-corrected chi connectivity index (χ1v) is 7.00. The van der Waals surface area contributed by atoms with Crippen LogP contribution in [0.3, 0.4) is 0 Å². The van der Waals surface area contributed by atoms with Crippen molar-refractivity contribution in [2.75, 3.05) is 18.0 Å². The van der Waals surface area contributed by atoms with Gasteiger partial charge in [0.05, 0.1) is 0 Å². The van der Waals surface area contributed by atoms with E-state index in [0.717, 1.165) is 36.3 Å². The standard InChI is InChI=1S/C14H21ClN2/c1-11(2)13-5-7-17(8-6-13)14-4-3-12(9-15)10-16-14/h3-4,10-11,13H,5-9H2,1-2H3. The van der Waals surface area contributed by atoms with Crippen molar-refractivity contribution < 1.29 is 0 Å². The van der Waals surface area contributed by atoms with Gasteiger partial charge in [-0.05, 0) is 36.3 Å². The molecular weight excluding hydrogens is 232 g/mol. The second-order valence-electron chi connectivity index (χ2n) is 5.23. The minimum Gasteiger partial charge on any atom is -0.357 e. The van der Waals surface area contributed by atoms with Gasteiger partial charge in [0.2, 0.25) is 0 Å². The van der Waals surface area contributed by atoms with E-state index >= 15 is 0 Å². The number of alkyl halides is 1. The van der Waals surface area contributed by atoms with Gasteiger partial charge >= 0.3 is 0 Å². The second kappa shape index (κ2) is 5.72. The normalized spacial score (nSPS) is 17.8. The predicted molar refractivity (Wildman–Crippen MR) is 73.6 cm³/mol. The third kappa shape index (κ3) is 3.12. The van der Waals surface area contributed by atoms with Crippen LogP contribution in [0, 0.1) is 11.8 Å². The van der Waals surface area contributed by atoms with Crippen molar-refractivity contribution >= 4 is 17.4 Å². The van der Waals surface area contributed by atoms with Crippen LogP contribution in [0.2, 0.25) is 0 Å². The first-order chi connectivity index (χ1) is 8.20. The van der Waals surface area contributed by atoms with Crippen molar-refractivity contribution in [3.63, 3.8) is 0 Å². The lowest BCUT2D eigenvalue weighted by atomic mass is 9.87. The quantitative estimate of drug-likeness (QED) is 0.763. The lowest BCUT2D eigenvalue weighted by Gasteiger charge is -2.34. The van der Waals surface area contributed by atoms with Crippen LogP contribution in [0.25, 0.3) is 0 Å². The van der Waals surface area contributed by atoms with Crippen LogP contribution in [0.15, 0.2) is 18.3 Å². The maximum atomic E-state index is 5.77. The molecule has 3 heteroatoms. The van der Waals surface area contributed by atoms with Crippen LogP contribution in [0.5, 0.6) is 0 Å². The third-order valence-corrected chi connectivity index (χ3v) is 4.08. The Hall–Kier alpha value is -0.760. The average molecular weight is 253 g/mol. The molecule has 2 rings (SSSR count). The number of aromatic nitrogens is 1. The molecule has 1 aromatic heterocycles. The zero-order chi connectivity index (χ0) is 12.3. The molecule has 1 aromatic rings. The molecule has 0 spiro atoms. The number of rotatable bonds is 3. The van der Waals surface area contributed by atoms with Crippen LogP contribution in [-0.2, 0) is 5.88 Å². The van der Waals surface area contributed by atoms with E-state index in [1.807, 2.05) is 6.20 Å². The molecule has 1 aliphatic rings. The van der Waals surface area contributed by atoms with Crippen molar-refractivity contribution in [3.05, 3.63) is 23.9 Å². The number of hydrogen-bond acceptors (Lipinski definition) is 2. The van der Waals surface area contributed by atoms with Crippen molar-refractivity contribution in [2.24, 2.45) is 11.8 Å². The summed E-state index contributed by atoms with van der Waals surface area (Å²) in [5.41, 5.74) is 1.09. The minimum atomic E-state index is 0.544. The summed E-state index contributed by atoms with van der Waals surface area (Å²) in [7, 11) is 0. The number of halogens is 1. The Balaban J connectivity index is 1.95. The maximum absolute atomic E-state index is 5.77. The average Bonchev–Trinajstić information content (AvgIpc) is 2.39. The van der Waals surface area contributed by atoms with E-state index in [1.165, 1.54) is 12.8 Å². The summed E-state index contributed by atoms with van der Waals surface area (Å²) in [5, 5.41) is 0. The predicted octanol–water partition coefficient (Wildman–Crippen LogP) is 3.69. The molecule has 1 fully saturated rings. The minimum absolute atomic E-state index is 0.544. The van der Waals surface area contributed by atoms with Crippen LogP contribution >= 0.6 is 11.6 Å². The summed E-state index contributed by atoms with van der Waals surface area (Å²) in [6.45, 7) is 6.92. The Morgan fingerprint density at radius 3 is 2.53 bits per heavy atom. The zero-order valence-corrected chi connectivity index (χ0v) is 11.5. The number of anilines is 1. The van der Waals surface area contributed by atoms with Crippen molar-refractivity contribution in [3.8, 4) is 0 Å². The monoisotopic (exact) mass is 252 g/mol. The zero-order valence-electron chi connectivity index (χ0n) is 10.7. The van der Waals surface area contributed by atoms with Crippen molar-refractivity contribution in [2.45, 2.75) is 32.6 Å². The Bertz CT molecular complexity index is 340. The molecule has 1 saturated heterocycles. The van der Waals surface area contributed by atoms with Gasteiger partial charge in [-0.15, -0.1) is 11.6 Å². The molecule has 0 aromatic carbocycles. The van der Waals surface area contributed by atoms with Gasteiger partial charge in [-0.1, -0.05) is 19.9 Å². The van der Waals surface area contributed by atoms with E-state index in [9.17, 15) is 0 Å². The molecule has 0 unspecified atom stereocenters. The fraction of sp³-hybridized carbons (Fsp3) is 0.643. The Labute approximate surface area is 109 Å². The van der Waals surface area contributed by atoms with E-state index in [4.69, 9.17) is 11.6 Å². The molecule has 0 aliphatic carbocycles. The largest absolute Gasteiger partial charge is 0.357 e. The number of piperidine rings is 1. The summed E-state index contributed by atoms with van der Waals surface area (Å²) >= 11 is 5.77. The summed E-state index contributed by atoms with van der Waals surface area (Å²) in [5.74, 6) is 3.33. The van der Waals surface area contributed by atoms with Gasteiger partial charge in [-0.2, -0.15) is 0 Å². The fourth-order valence-corrected chi connectivity index (χ4v) is 2.64. The smallest absolute Gasteiger partial charge is 0.128 e. The van der Waals surface area contributed by atoms with Crippen molar-refractivity contribution in [1.29, 1.82) is 0 Å². The molecular formula is C14H21ClN2. The molecule has 17 heavy (non-hydrogen) atoms. The highest BCUT2D eigenvalue weighted by Gasteiger charge is 2.21. The summed E-state index contributed by atoms with van der Waals surface area (Å²) in [6.07, 6.45) is 4.46. The number of nitrogens with zero attached hydrogens (tertiary/aromatic N) is 2. The first-order valence-electron chi connectivity index (χ1n) is 6.46. The van der Waals surface area contributed by atoms with E-state index in [-0.39, 0.29) is 0 Å². The van der Waals surface area contributed by atoms with E-state index < -0.39 is 0 Å². The summed E-state index contributed by atoms with van der Waals surface area (Å²) < 4.78 is 0. The highest BCUT2D eigenvalue weighted by molar-refractivity contribution is 6.17. The van der Waals surface area contributed by atoms with Gasteiger partial charge in [0.25, 0.3) is 0 Å². The van der Waals surface area contributed by atoms with Crippen LogP contribution < -0.4 is 4.90 Å². The first kappa shape index (κ1) is 12.7. The highest BCUT2D eigenvalue weighted by atomic mass is 35.5. The Kier molecular flexibility index (Phi) is 4.27. The van der Waals surface area contributed by atoms with E-state index in [2.05, 4.69) is 35.9 Å². The maximum Gasteiger partial charge on any atom is 0.128 e. The molecule has 0 bridgehead atoms. The lowest BCUT2D eigenvalue weighted by Crippen LogP contribution is -2.35.